The van der Waals surface area contributed by atoms with E-state index in [-0.39, 0.29) is 5.91 Å². The Morgan fingerprint density at radius 3 is 2.80 bits per heavy atom. The first kappa shape index (κ1) is 14.1. The van der Waals surface area contributed by atoms with Crippen molar-refractivity contribution in [2.75, 3.05) is 12.4 Å². The number of amides is 1. The van der Waals surface area contributed by atoms with Crippen LogP contribution in [0.1, 0.15) is 17.5 Å². The molecule has 5 nitrogen and oxygen atoms in total. The van der Waals surface area contributed by atoms with Gasteiger partial charge in [0.05, 0.1) is 19.0 Å². The van der Waals surface area contributed by atoms with Crippen LogP contribution in [-0.4, -0.2) is 22.8 Å². The van der Waals surface area contributed by atoms with Crippen LogP contribution in [0, 0.1) is 13.8 Å². The molecule has 1 N–H and O–H groups in total. The third kappa shape index (κ3) is 3.60. The summed E-state index contributed by atoms with van der Waals surface area (Å²) in [6.45, 7) is 4.51. The Morgan fingerprint density at radius 2 is 2.15 bits per heavy atom. The minimum atomic E-state index is -0.0537. The van der Waals surface area contributed by atoms with Crippen LogP contribution in [0.15, 0.2) is 30.6 Å². The zero-order valence-electron chi connectivity index (χ0n) is 12.0. The summed E-state index contributed by atoms with van der Waals surface area (Å²) in [5.74, 6) is 0.612. The summed E-state index contributed by atoms with van der Waals surface area (Å²) in [6.07, 6.45) is 4.07. The summed E-state index contributed by atoms with van der Waals surface area (Å²) in [5, 5.41) is 7.03. The molecule has 0 unspecified atom stereocenters. The van der Waals surface area contributed by atoms with Gasteiger partial charge in [0, 0.05) is 19.2 Å². The molecule has 2 aromatic rings. The molecular formula is C15H19N3O2. The van der Waals surface area contributed by atoms with Gasteiger partial charge in [-0.3, -0.25) is 9.48 Å². The number of hydrogen-bond acceptors (Lipinski definition) is 3. The molecule has 1 aromatic carbocycles. The number of aryl methyl sites for hydroxylation is 3. The van der Waals surface area contributed by atoms with Crippen molar-refractivity contribution in [1.82, 2.24) is 9.78 Å². The Kier molecular flexibility index (Phi) is 4.40. The van der Waals surface area contributed by atoms with Crippen molar-refractivity contribution in [2.45, 2.75) is 26.8 Å². The molecule has 1 aromatic heterocycles. The van der Waals surface area contributed by atoms with Crippen molar-refractivity contribution < 1.29 is 9.53 Å². The van der Waals surface area contributed by atoms with Gasteiger partial charge in [0.15, 0.2) is 0 Å². The highest BCUT2D eigenvalue weighted by atomic mass is 16.5. The van der Waals surface area contributed by atoms with Crippen molar-refractivity contribution in [2.24, 2.45) is 0 Å². The van der Waals surface area contributed by atoms with Crippen molar-refractivity contribution in [3.8, 4) is 5.75 Å². The number of nitrogens with one attached hydrogen (secondary N) is 1. The number of rotatable bonds is 5. The fourth-order valence-electron chi connectivity index (χ4n) is 1.94. The van der Waals surface area contributed by atoms with Gasteiger partial charge in [-0.2, -0.15) is 5.10 Å². The summed E-state index contributed by atoms with van der Waals surface area (Å²) in [6, 6.07) is 5.69. The molecule has 20 heavy (non-hydrogen) atoms. The number of carbonyl (C=O) groups excluding carboxylic acids is 1. The zero-order chi connectivity index (χ0) is 14.5. The maximum absolute atomic E-state index is 12.0. The lowest BCUT2D eigenvalue weighted by Crippen LogP contribution is -2.15. The van der Waals surface area contributed by atoms with E-state index in [0.29, 0.717) is 24.4 Å². The maximum atomic E-state index is 12.0. The zero-order valence-corrected chi connectivity index (χ0v) is 12.0. The van der Waals surface area contributed by atoms with Crippen LogP contribution in [0.3, 0.4) is 0 Å². The second-order valence-corrected chi connectivity index (χ2v) is 4.78. The van der Waals surface area contributed by atoms with Crippen LogP contribution in [0.25, 0.3) is 0 Å². The van der Waals surface area contributed by atoms with E-state index < -0.39 is 0 Å². The predicted molar refractivity (Wildman–Crippen MR) is 77.9 cm³/mol. The number of nitrogens with zero attached hydrogens (tertiary/aromatic N) is 2. The lowest BCUT2D eigenvalue weighted by Gasteiger charge is -2.11. The van der Waals surface area contributed by atoms with E-state index in [0.717, 1.165) is 11.1 Å². The van der Waals surface area contributed by atoms with E-state index in [1.807, 2.05) is 38.2 Å². The molecule has 0 aliphatic heterocycles. The molecule has 0 fully saturated rings. The molecule has 1 heterocycles. The second kappa shape index (κ2) is 6.23. The first-order valence-electron chi connectivity index (χ1n) is 6.52. The Hall–Kier alpha value is -2.30. The van der Waals surface area contributed by atoms with E-state index >= 15 is 0 Å². The molecule has 0 bridgehead atoms. The monoisotopic (exact) mass is 273 g/mol. The number of hydrogen-bond donors (Lipinski definition) is 1. The molecule has 0 aliphatic rings. The van der Waals surface area contributed by atoms with E-state index in [9.17, 15) is 4.79 Å². The molecule has 106 valence electrons. The Balaban J connectivity index is 1.96. The highest BCUT2D eigenvalue weighted by Gasteiger charge is 2.08. The molecule has 5 heteroatoms. The minimum Gasteiger partial charge on any atom is -0.495 e. The number of ether oxygens (including phenoxy) is 1. The lowest BCUT2D eigenvalue weighted by molar-refractivity contribution is -0.116. The Labute approximate surface area is 118 Å². The average Bonchev–Trinajstić information content (AvgIpc) is 2.83. The summed E-state index contributed by atoms with van der Waals surface area (Å²) in [4.78, 5) is 12.0. The van der Waals surface area contributed by atoms with Gasteiger partial charge in [0.1, 0.15) is 5.75 Å². The minimum absolute atomic E-state index is 0.0537. The van der Waals surface area contributed by atoms with Crippen molar-refractivity contribution in [3.63, 3.8) is 0 Å². The fourth-order valence-corrected chi connectivity index (χ4v) is 1.94. The number of methoxy groups -OCH3 is 1. The van der Waals surface area contributed by atoms with Gasteiger partial charge in [-0.25, -0.2) is 0 Å². The van der Waals surface area contributed by atoms with Crippen LogP contribution in [0.5, 0.6) is 5.75 Å². The van der Waals surface area contributed by atoms with Crippen molar-refractivity contribution in [1.29, 1.82) is 0 Å². The first-order chi connectivity index (χ1) is 9.58. The largest absolute Gasteiger partial charge is 0.495 e. The first-order valence-corrected chi connectivity index (χ1v) is 6.52. The van der Waals surface area contributed by atoms with E-state index in [2.05, 4.69) is 10.4 Å². The summed E-state index contributed by atoms with van der Waals surface area (Å²) >= 11 is 0. The number of carbonyl (C=O) groups is 1. The third-order valence-electron chi connectivity index (χ3n) is 2.96. The third-order valence-corrected chi connectivity index (χ3v) is 2.96. The summed E-state index contributed by atoms with van der Waals surface area (Å²) in [5.41, 5.74) is 2.86. The fraction of sp³-hybridized carbons (Fsp3) is 0.333. The van der Waals surface area contributed by atoms with E-state index in [1.54, 1.807) is 18.0 Å². The SMILES string of the molecule is COc1ccc(C)cc1NC(=O)CCn1cc(C)cn1. The number of benzene rings is 1. The van der Waals surface area contributed by atoms with Crippen molar-refractivity contribution in [3.05, 3.63) is 41.7 Å². The molecular weight excluding hydrogens is 254 g/mol. The van der Waals surface area contributed by atoms with Crippen LogP contribution in [0.2, 0.25) is 0 Å². The molecule has 0 atom stereocenters. The van der Waals surface area contributed by atoms with Crippen LogP contribution in [0.4, 0.5) is 5.69 Å². The van der Waals surface area contributed by atoms with Gasteiger partial charge in [-0.05, 0) is 37.1 Å². The van der Waals surface area contributed by atoms with Gasteiger partial charge in [-0.15, -0.1) is 0 Å². The van der Waals surface area contributed by atoms with Crippen LogP contribution in [-0.2, 0) is 11.3 Å². The van der Waals surface area contributed by atoms with Crippen LogP contribution < -0.4 is 10.1 Å². The molecule has 0 spiro atoms. The number of aromatic nitrogens is 2. The van der Waals surface area contributed by atoms with E-state index in [1.165, 1.54) is 0 Å². The second-order valence-electron chi connectivity index (χ2n) is 4.78. The van der Waals surface area contributed by atoms with Gasteiger partial charge in [-0.1, -0.05) is 6.07 Å². The summed E-state index contributed by atoms with van der Waals surface area (Å²) in [7, 11) is 1.59. The average molecular weight is 273 g/mol. The Bertz CT molecular complexity index is 605. The van der Waals surface area contributed by atoms with Gasteiger partial charge >= 0.3 is 0 Å². The molecule has 0 aliphatic carbocycles. The van der Waals surface area contributed by atoms with Gasteiger partial charge < -0.3 is 10.1 Å². The molecule has 1 amide bonds. The van der Waals surface area contributed by atoms with Crippen LogP contribution >= 0.6 is 0 Å². The number of anilines is 1. The smallest absolute Gasteiger partial charge is 0.226 e. The lowest BCUT2D eigenvalue weighted by atomic mass is 10.2. The molecule has 0 saturated carbocycles. The normalized spacial score (nSPS) is 10.3. The predicted octanol–water partition coefficient (Wildman–Crippen LogP) is 2.54. The molecule has 2 rings (SSSR count). The topological polar surface area (TPSA) is 56.1 Å². The van der Waals surface area contributed by atoms with Crippen molar-refractivity contribution >= 4 is 11.6 Å². The Morgan fingerprint density at radius 1 is 1.35 bits per heavy atom. The van der Waals surface area contributed by atoms with Gasteiger partial charge in [0.2, 0.25) is 5.91 Å². The quantitative estimate of drug-likeness (QED) is 0.910. The highest BCUT2D eigenvalue weighted by molar-refractivity contribution is 5.92. The van der Waals surface area contributed by atoms with E-state index in [4.69, 9.17) is 4.74 Å². The standard InChI is InChI=1S/C15H19N3O2/c1-11-4-5-14(20-3)13(8-11)17-15(19)6-7-18-10-12(2)9-16-18/h4-5,8-10H,6-7H2,1-3H3,(H,17,19). The van der Waals surface area contributed by atoms with Gasteiger partial charge in [0.25, 0.3) is 0 Å². The molecule has 0 radical (unpaired) electrons. The maximum Gasteiger partial charge on any atom is 0.226 e. The highest BCUT2D eigenvalue weighted by Crippen LogP contribution is 2.25. The summed E-state index contributed by atoms with van der Waals surface area (Å²) < 4.78 is 7.00. The molecule has 0 saturated heterocycles.